The van der Waals surface area contributed by atoms with Gasteiger partial charge in [-0.3, -0.25) is 19.3 Å². The fourth-order valence-electron chi connectivity index (χ4n) is 4.13. The molecule has 0 aliphatic carbocycles. The summed E-state index contributed by atoms with van der Waals surface area (Å²) in [6, 6.07) is 6.63. The van der Waals surface area contributed by atoms with E-state index in [1.807, 2.05) is 32.6 Å². The largest absolute Gasteiger partial charge is 0.433 e. The molecule has 1 aromatic heterocycles. The quantitative estimate of drug-likeness (QED) is 0.403. The molecule has 1 aromatic carbocycles. The standard InChI is InChI=1S/C26H33ClF2N4O5S/c1-5-32(15-26(2,3)4)18(13-30-24(36)20-8-9-21(27)39-20)23(35)31-17-7-6-16(12-19(17)38-25(28)29)33-10-11-37-14-22(33)34/h6-9,12,18,25H,5,10-11,13-15H2,1-4H3,(H,30,36)(H,31,35)/t18-/m1/s1. The van der Waals surface area contributed by atoms with Crippen LogP contribution in [0.5, 0.6) is 5.75 Å². The summed E-state index contributed by atoms with van der Waals surface area (Å²) >= 11 is 7.07. The summed E-state index contributed by atoms with van der Waals surface area (Å²) in [5, 5.41) is 5.48. The second kappa shape index (κ2) is 13.5. The first-order chi connectivity index (χ1) is 18.4. The first-order valence-electron chi connectivity index (χ1n) is 12.4. The normalized spacial score (nSPS) is 15.0. The molecule has 214 valence electrons. The minimum Gasteiger partial charge on any atom is -0.433 e. The van der Waals surface area contributed by atoms with Gasteiger partial charge in [-0.25, -0.2) is 0 Å². The summed E-state index contributed by atoms with van der Waals surface area (Å²) in [7, 11) is 0. The number of carbonyl (C=O) groups is 3. The van der Waals surface area contributed by atoms with E-state index in [1.165, 1.54) is 17.0 Å². The van der Waals surface area contributed by atoms with Crippen LogP contribution in [-0.2, 0) is 14.3 Å². The molecular formula is C26H33ClF2N4O5S. The minimum absolute atomic E-state index is 0.0120. The number of thiophene rings is 1. The highest BCUT2D eigenvalue weighted by molar-refractivity contribution is 7.18. The van der Waals surface area contributed by atoms with Gasteiger partial charge in [-0.15, -0.1) is 11.3 Å². The summed E-state index contributed by atoms with van der Waals surface area (Å²) in [5.74, 6) is -1.49. The van der Waals surface area contributed by atoms with E-state index in [2.05, 4.69) is 10.6 Å². The Kier molecular flexibility index (Phi) is 10.6. The molecule has 1 saturated heterocycles. The van der Waals surface area contributed by atoms with Gasteiger partial charge >= 0.3 is 6.61 Å². The number of amides is 3. The van der Waals surface area contributed by atoms with Crippen molar-refractivity contribution in [3.8, 4) is 5.75 Å². The molecule has 3 rings (SSSR count). The zero-order valence-corrected chi connectivity index (χ0v) is 23.8. The zero-order valence-electron chi connectivity index (χ0n) is 22.3. The van der Waals surface area contributed by atoms with Gasteiger partial charge in [-0.1, -0.05) is 39.3 Å². The molecular weight excluding hydrogens is 554 g/mol. The Balaban J connectivity index is 1.86. The molecule has 1 fully saturated rings. The van der Waals surface area contributed by atoms with E-state index in [-0.39, 0.29) is 48.4 Å². The third kappa shape index (κ3) is 8.85. The number of rotatable bonds is 11. The molecule has 2 N–H and O–H groups in total. The van der Waals surface area contributed by atoms with E-state index in [0.29, 0.717) is 34.6 Å². The number of hydrogen-bond donors (Lipinski definition) is 2. The lowest BCUT2D eigenvalue weighted by Crippen LogP contribution is -2.52. The third-order valence-electron chi connectivity index (χ3n) is 5.82. The van der Waals surface area contributed by atoms with E-state index in [0.717, 1.165) is 11.3 Å². The maximum absolute atomic E-state index is 13.6. The first-order valence-corrected chi connectivity index (χ1v) is 13.6. The average Bonchev–Trinajstić information content (AvgIpc) is 3.30. The van der Waals surface area contributed by atoms with Crippen molar-refractivity contribution < 1.29 is 32.6 Å². The van der Waals surface area contributed by atoms with Crippen LogP contribution in [0.3, 0.4) is 0 Å². The summed E-state index contributed by atoms with van der Waals surface area (Å²) in [6.07, 6.45) is 0. The van der Waals surface area contributed by atoms with E-state index in [4.69, 9.17) is 21.1 Å². The lowest BCUT2D eigenvalue weighted by atomic mass is 9.95. The highest BCUT2D eigenvalue weighted by Crippen LogP contribution is 2.32. The van der Waals surface area contributed by atoms with Crippen molar-refractivity contribution in [2.24, 2.45) is 5.41 Å². The molecule has 13 heteroatoms. The van der Waals surface area contributed by atoms with Gasteiger partial charge in [0.15, 0.2) is 5.75 Å². The number of anilines is 2. The lowest BCUT2D eigenvalue weighted by molar-refractivity contribution is -0.125. The Morgan fingerprint density at radius 3 is 2.59 bits per heavy atom. The smallest absolute Gasteiger partial charge is 0.387 e. The second-order valence-electron chi connectivity index (χ2n) is 10.1. The molecule has 2 heterocycles. The van der Waals surface area contributed by atoms with Crippen molar-refractivity contribution in [1.29, 1.82) is 0 Å². The Bertz CT molecular complexity index is 1170. The first kappa shape index (κ1) is 30.7. The summed E-state index contributed by atoms with van der Waals surface area (Å²) in [6.45, 7) is 6.25. The van der Waals surface area contributed by atoms with E-state index >= 15 is 0 Å². The van der Waals surface area contributed by atoms with Crippen LogP contribution in [0.1, 0.15) is 37.4 Å². The Morgan fingerprint density at radius 2 is 2.00 bits per heavy atom. The van der Waals surface area contributed by atoms with Crippen LogP contribution in [0.2, 0.25) is 4.34 Å². The topological polar surface area (TPSA) is 100 Å². The molecule has 2 aromatic rings. The monoisotopic (exact) mass is 586 g/mol. The minimum atomic E-state index is -3.16. The molecule has 9 nitrogen and oxygen atoms in total. The third-order valence-corrected chi connectivity index (χ3v) is 7.05. The van der Waals surface area contributed by atoms with Gasteiger partial charge in [0.25, 0.3) is 11.8 Å². The van der Waals surface area contributed by atoms with Crippen LogP contribution in [0.4, 0.5) is 20.2 Å². The molecule has 1 aliphatic rings. The van der Waals surface area contributed by atoms with Gasteiger partial charge in [0, 0.05) is 31.4 Å². The molecule has 0 spiro atoms. The fraction of sp³-hybridized carbons (Fsp3) is 0.500. The number of alkyl halides is 2. The zero-order chi connectivity index (χ0) is 28.7. The van der Waals surface area contributed by atoms with Gasteiger partial charge in [0.1, 0.15) is 12.6 Å². The molecule has 0 unspecified atom stereocenters. The predicted molar refractivity (Wildman–Crippen MR) is 147 cm³/mol. The van der Waals surface area contributed by atoms with Crippen molar-refractivity contribution in [3.63, 3.8) is 0 Å². The van der Waals surface area contributed by atoms with Crippen molar-refractivity contribution in [2.45, 2.75) is 40.3 Å². The lowest BCUT2D eigenvalue weighted by Gasteiger charge is -2.35. The average molecular weight is 587 g/mol. The fourth-order valence-corrected chi connectivity index (χ4v) is 5.09. The molecule has 0 radical (unpaired) electrons. The van der Waals surface area contributed by atoms with Gasteiger partial charge in [0.2, 0.25) is 5.91 Å². The maximum Gasteiger partial charge on any atom is 0.387 e. The number of nitrogens with zero attached hydrogens (tertiary/aromatic N) is 2. The number of likely N-dealkylation sites (N-methyl/N-ethyl adjacent to an activating group) is 1. The SMILES string of the molecule is CCN(CC(C)(C)C)[C@H](CNC(=O)c1ccc(Cl)s1)C(=O)Nc1ccc(N2CCOCC2=O)cc1OC(F)F. The van der Waals surface area contributed by atoms with E-state index < -0.39 is 18.6 Å². The van der Waals surface area contributed by atoms with Crippen molar-refractivity contribution in [3.05, 3.63) is 39.5 Å². The predicted octanol–water partition coefficient (Wildman–Crippen LogP) is 4.47. The van der Waals surface area contributed by atoms with Crippen molar-refractivity contribution in [1.82, 2.24) is 10.2 Å². The Morgan fingerprint density at radius 1 is 1.26 bits per heavy atom. The molecule has 1 atom stereocenters. The summed E-state index contributed by atoms with van der Waals surface area (Å²) in [5.41, 5.74) is 0.187. The second-order valence-corrected chi connectivity index (χ2v) is 11.8. The van der Waals surface area contributed by atoms with Crippen LogP contribution in [0.15, 0.2) is 30.3 Å². The van der Waals surface area contributed by atoms with Crippen LogP contribution in [0.25, 0.3) is 0 Å². The van der Waals surface area contributed by atoms with Gasteiger partial charge in [-0.05, 0) is 36.2 Å². The maximum atomic E-state index is 13.6. The molecule has 0 bridgehead atoms. The number of morpholine rings is 1. The van der Waals surface area contributed by atoms with E-state index in [1.54, 1.807) is 18.2 Å². The highest BCUT2D eigenvalue weighted by Gasteiger charge is 2.30. The summed E-state index contributed by atoms with van der Waals surface area (Å²) < 4.78 is 36.9. The number of carbonyl (C=O) groups excluding carboxylic acids is 3. The molecule has 0 saturated carbocycles. The number of benzene rings is 1. The molecule has 39 heavy (non-hydrogen) atoms. The van der Waals surface area contributed by atoms with Crippen LogP contribution in [0, 0.1) is 5.41 Å². The molecule has 3 amide bonds. The number of halogens is 3. The van der Waals surface area contributed by atoms with Gasteiger partial charge < -0.3 is 25.0 Å². The van der Waals surface area contributed by atoms with E-state index in [9.17, 15) is 23.2 Å². The molecule has 1 aliphatic heterocycles. The number of hydrogen-bond acceptors (Lipinski definition) is 7. The number of ether oxygens (including phenoxy) is 2. The van der Waals surface area contributed by atoms with Gasteiger partial charge in [0.05, 0.1) is 21.5 Å². The number of nitrogens with one attached hydrogen (secondary N) is 2. The Hall–Kier alpha value is -2.80. The van der Waals surface area contributed by atoms with Gasteiger partial charge in [-0.2, -0.15) is 8.78 Å². The summed E-state index contributed by atoms with van der Waals surface area (Å²) in [4.78, 5) is 42.2. The van der Waals surface area contributed by atoms with Crippen LogP contribution in [-0.4, -0.2) is 74.7 Å². The Labute approximate surface area is 235 Å². The highest BCUT2D eigenvalue weighted by atomic mass is 35.5. The van der Waals surface area contributed by atoms with Crippen molar-refractivity contribution >= 4 is 52.0 Å². The van der Waals surface area contributed by atoms with Crippen LogP contribution >= 0.6 is 22.9 Å². The van der Waals surface area contributed by atoms with Crippen molar-refractivity contribution in [2.75, 3.05) is 49.6 Å². The van der Waals surface area contributed by atoms with Crippen LogP contribution < -0.4 is 20.3 Å².